The first-order valence-corrected chi connectivity index (χ1v) is 32.1. The van der Waals surface area contributed by atoms with Gasteiger partial charge in [0.2, 0.25) is 11.8 Å². The standard InChI is InChI=1S/C66H73ClN10O9S/c1-66(2)27-25-48(55(38-66)45-15-17-50(67)18-16-45)42-74-31-33-75(34-32-74)51-19-21-54(59(36-51)86-52-35-47-26-28-68-62(47)70-40-52)63(79)72-87(84,85)53-20-22-56(58(37-53)77(82)83)69-39-44-11-10-30-73(41-44)29-8-6-4-3-5-7-12-46-13-9-14-49-43-76(65(81)61(46)49)57-23-24-60(78)71-64(57)80/h9,13-22,26,28,35-37,40,44,57,69H,3-6,8,10-11,23-25,27,29-34,38-39,41-43H2,1-2H3,(H,68,70)(H,72,79)(H,71,78,80). The summed E-state index contributed by atoms with van der Waals surface area (Å²) in [5.74, 6) is 5.15. The van der Waals surface area contributed by atoms with Crippen LogP contribution in [0.4, 0.5) is 17.1 Å². The van der Waals surface area contributed by atoms with Gasteiger partial charge in [-0.15, -0.1) is 0 Å². The molecule has 3 fully saturated rings. The second-order valence-corrected chi connectivity index (χ2v) is 26.4. The Hall–Kier alpha value is -8.09. The first kappa shape index (κ1) is 60.6. The Labute approximate surface area is 512 Å². The summed E-state index contributed by atoms with van der Waals surface area (Å²) in [5.41, 5.74) is 7.45. The summed E-state index contributed by atoms with van der Waals surface area (Å²) in [4.78, 5) is 79.5. The van der Waals surface area contributed by atoms with Crippen molar-refractivity contribution in [3.05, 3.63) is 152 Å². The molecule has 2 aromatic heterocycles. The topological polar surface area (TPSA) is 233 Å². The quantitative estimate of drug-likeness (QED) is 0.0183. The van der Waals surface area contributed by atoms with Gasteiger partial charge in [-0.25, -0.2) is 18.1 Å². The summed E-state index contributed by atoms with van der Waals surface area (Å²) < 4.78 is 36.6. The molecule has 0 bridgehead atoms. The predicted molar refractivity (Wildman–Crippen MR) is 335 cm³/mol. The molecule has 4 aromatic carbocycles. The summed E-state index contributed by atoms with van der Waals surface area (Å²) in [6, 6.07) is 25.4. The number of hydrogen-bond donors (Lipinski definition) is 4. The van der Waals surface area contributed by atoms with Gasteiger partial charge in [-0.2, -0.15) is 0 Å². The van der Waals surface area contributed by atoms with Crippen LogP contribution < -0.4 is 25.0 Å². The molecule has 4 amide bonds. The minimum atomic E-state index is -4.63. The molecular formula is C66H73ClN10O9S. The van der Waals surface area contributed by atoms with Crippen molar-refractivity contribution < 1.29 is 37.3 Å². The molecule has 2 atom stereocenters. The number of ether oxygens (including phenoxy) is 1. The van der Waals surface area contributed by atoms with E-state index in [-0.39, 0.29) is 46.6 Å². The number of piperazine rings is 1. The van der Waals surface area contributed by atoms with Gasteiger partial charge in [0.25, 0.3) is 27.5 Å². The molecule has 21 heteroatoms. The molecule has 0 saturated carbocycles. The number of sulfonamides is 1. The third-order valence-electron chi connectivity index (χ3n) is 17.5. The van der Waals surface area contributed by atoms with E-state index in [2.05, 4.69) is 77.8 Å². The zero-order valence-electron chi connectivity index (χ0n) is 49.2. The van der Waals surface area contributed by atoms with Gasteiger partial charge < -0.3 is 29.7 Å². The predicted octanol–water partition coefficient (Wildman–Crippen LogP) is 10.7. The van der Waals surface area contributed by atoms with E-state index < -0.39 is 43.4 Å². The number of pyridine rings is 1. The van der Waals surface area contributed by atoms with Crippen LogP contribution in [0.15, 0.2) is 114 Å². The number of anilines is 2. The van der Waals surface area contributed by atoms with Crippen molar-refractivity contribution >= 4 is 78.9 Å². The van der Waals surface area contributed by atoms with Crippen LogP contribution in [0.5, 0.6) is 11.5 Å². The summed E-state index contributed by atoms with van der Waals surface area (Å²) in [5, 5.41) is 19.6. The first-order chi connectivity index (χ1) is 41.9. The van der Waals surface area contributed by atoms with Crippen molar-refractivity contribution in [2.24, 2.45) is 11.3 Å². The Morgan fingerprint density at radius 3 is 2.54 bits per heavy atom. The summed E-state index contributed by atoms with van der Waals surface area (Å²) in [6.45, 7) is 12.0. The molecule has 6 heterocycles. The fourth-order valence-corrected chi connectivity index (χ4v) is 13.9. The number of amides is 4. The van der Waals surface area contributed by atoms with Crippen LogP contribution in [-0.4, -0.2) is 127 Å². The molecular weight excluding hydrogens is 1140 g/mol. The number of likely N-dealkylation sites (tertiary alicyclic amines) is 1. The van der Waals surface area contributed by atoms with Crippen LogP contribution in [0.2, 0.25) is 5.02 Å². The van der Waals surface area contributed by atoms with Crippen molar-refractivity contribution in [2.75, 3.05) is 69.1 Å². The third kappa shape index (κ3) is 14.5. The summed E-state index contributed by atoms with van der Waals surface area (Å²) in [6.07, 6.45) is 13.5. The molecule has 6 aromatic rings. The normalized spacial score (nSPS) is 19.1. The van der Waals surface area contributed by atoms with Gasteiger partial charge in [0.05, 0.1) is 27.1 Å². The molecule has 454 valence electrons. The molecule has 5 aliphatic rings. The van der Waals surface area contributed by atoms with Crippen LogP contribution in [0.3, 0.4) is 0 Å². The second kappa shape index (κ2) is 26.5. The number of hydrogen-bond acceptors (Lipinski definition) is 14. The highest BCUT2D eigenvalue weighted by Crippen LogP contribution is 2.44. The fraction of sp³-hybridized carbons (Fsp3) is 0.409. The maximum atomic E-state index is 14.2. The van der Waals surface area contributed by atoms with Crippen LogP contribution >= 0.6 is 11.6 Å². The minimum Gasteiger partial charge on any atom is -0.455 e. The monoisotopic (exact) mass is 1220 g/mol. The largest absolute Gasteiger partial charge is 0.455 e. The number of nitro groups is 1. The number of nitrogens with one attached hydrogen (secondary N) is 4. The number of piperidine rings is 2. The smallest absolute Gasteiger partial charge is 0.293 e. The zero-order chi connectivity index (χ0) is 60.8. The number of carbonyl (C=O) groups excluding carboxylic acids is 4. The Morgan fingerprint density at radius 2 is 1.74 bits per heavy atom. The van der Waals surface area contributed by atoms with Gasteiger partial charge in [-0.3, -0.25) is 39.5 Å². The number of imide groups is 1. The highest BCUT2D eigenvalue weighted by molar-refractivity contribution is 7.90. The number of halogens is 1. The lowest BCUT2D eigenvalue weighted by Crippen LogP contribution is -2.52. The van der Waals surface area contributed by atoms with Gasteiger partial charge in [0, 0.05) is 105 Å². The lowest BCUT2D eigenvalue weighted by atomic mass is 9.72. The number of aromatic amines is 1. The number of fused-ring (bicyclic) bond motifs is 2. The van der Waals surface area contributed by atoms with Crippen molar-refractivity contribution in [1.29, 1.82) is 0 Å². The third-order valence-corrected chi connectivity index (χ3v) is 19.1. The highest BCUT2D eigenvalue weighted by Gasteiger charge is 2.40. The van der Waals surface area contributed by atoms with Crippen molar-refractivity contribution in [3.63, 3.8) is 0 Å². The van der Waals surface area contributed by atoms with Crippen LogP contribution in [0.1, 0.15) is 128 Å². The molecule has 0 radical (unpaired) electrons. The number of aromatic nitrogens is 2. The lowest BCUT2D eigenvalue weighted by Gasteiger charge is -2.39. The molecule has 0 spiro atoms. The first-order valence-electron chi connectivity index (χ1n) is 30.2. The van der Waals surface area contributed by atoms with Gasteiger partial charge in [0.1, 0.15) is 28.9 Å². The maximum Gasteiger partial charge on any atom is 0.293 e. The number of nitro benzene ring substituents is 1. The zero-order valence-corrected chi connectivity index (χ0v) is 50.7. The van der Waals surface area contributed by atoms with Gasteiger partial charge in [0.15, 0.2) is 0 Å². The van der Waals surface area contributed by atoms with Crippen molar-refractivity contribution in [1.82, 2.24) is 34.7 Å². The van der Waals surface area contributed by atoms with E-state index in [1.807, 2.05) is 36.4 Å². The average molecular weight is 1220 g/mol. The molecule has 87 heavy (non-hydrogen) atoms. The molecule has 3 saturated heterocycles. The molecule has 2 unspecified atom stereocenters. The number of allylic oxidation sites excluding steroid dienone is 1. The second-order valence-electron chi connectivity index (χ2n) is 24.3. The Bertz CT molecular complexity index is 3830. The van der Waals surface area contributed by atoms with Gasteiger partial charge >= 0.3 is 0 Å². The van der Waals surface area contributed by atoms with Gasteiger partial charge in [-0.05, 0) is 147 Å². The van der Waals surface area contributed by atoms with E-state index in [1.54, 1.807) is 35.4 Å². The molecule has 1 aliphatic carbocycles. The van der Waals surface area contributed by atoms with E-state index in [0.29, 0.717) is 61.5 Å². The average Bonchev–Trinajstić information content (AvgIpc) is 2.99. The molecule has 4 aliphatic heterocycles. The molecule has 11 rings (SSSR count). The maximum absolute atomic E-state index is 14.2. The Kier molecular flexibility index (Phi) is 18.4. The van der Waals surface area contributed by atoms with E-state index in [1.165, 1.54) is 35.0 Å². The van der Waals surface area contributed by atoms with E-state index in [0.717, 1.165) is 125 Å². The SMILES string of the molecule is CC1(C)CCC(CN2CCN(c3ccc(C(=O)NS(=O)(=O)c4ccc(NCC5CCCN(CCCCCCC#Cc6cccc7c6C(=O)N(C6CCC(=O)NC6=O)C7)C5)c([N+](=O)[O-])c4)c(Oc4cnc5[nH]ccc5c4)c3)CC2)=C(c2ccc(Cl)cc2)C1. The van der Waals surface area contributed by atoms with Crippen molar-refractivity contribution in [2.45, 2.75) is 108 Å². The van der Waals surface area contributed by atoms with Crippen LogP contribution in [-0.2, 0) is 26.2 Å². The molecule has 4 N–H and O–H groups in total. The van der Waals surface area contributed by atoms with Gasteiger partial charge in [-0.1, -0.05) is 80.0 Å². The number of carbonyl (C=O) groups is 4. The Morgan fingerprint density at radius 1 is 0.920 bits per heavy atom. The van der Waals surface area contributed by atoms with E-state index in [9.17, 15) is 37.7 Å². The fourth-order valence-electron chi connectivity index (χ4n) is 12.7. The lowest BCUT2D eigenvalue weighted by molar-refractivity contribution is -0.384. The number of nitrogens with zero attached hydrogens (tertiary/aromatic N) is 6. The number of unbranched alkanes of at least 4 members (excludes halogenated alkanes) is 4. The summed E-state index contributed by atoms with van der Waals surface area (Å²) >= 11 is 6.28. The number of H-pyrrole nitrogens is 1. The highest BCUT2D eigenvalue weighted by atomic mass is 35.5. The number of rotatable bonds is 20. The molecule has 19 nitrogen and oxygen atoms in total. The minimum absolute atomic E-state index is 0.0522. The number of benzene rings is 4. The summed E-state index contributed by atoms with van der Waals surface area (Å²) in [7, 11) is -4.63. The van der Waals surface area contributed by atoms with Crippen LogP contribution in [0.25, 0.3) is 16.6 Å². The van der Waals surface area contributed by atoms with E-state index >= 15 is 0 Å². The van der Waals surface area contributed by atoms with Crippen LogP contribution in [0, 0.1) is 33.3 Å². The van der Waals surface area contributed by atoms with Crippen molar-refractivity contribution in [3.8, 4) is 23.3 Å². The van der Waals surface area contributed by atoms with E-state index in [4.69, 9.17) is 16.3 Å². The Balaban J connectivity index is 0.674.